The van der Waals surface area contributed by atoms with Crippen LogP contribution in [0.15, 0.2) is 24.8 Å². The Morgan fingerprint density at radius 2 is 2.00 bits per heavy atom. The molecule has 1 aromatic rings. The molecule has 4 heteroatoms. The fourth-order valence-electron chi connectivity index (χ4n) is 1.48. The van der Waals surface area contributed by atoms with E-state index in [0.717, 1.165) is 24.8 Å². The molecule has 0 atom stereocenters. The molecule has 0 aliphatic carbocycles. The maximum Gasteiger partial charge on any atom is 0.573 e. The minimum Gasteiger partial charge on any atom is -0.406 e. The Morgan fingerprint density at radius 1 is 1.29 bits per heavy atom. The van der Waals surface area contributed by atoms with E-state index in [2.05, 4.69) is 17.4 Å². The lowest BCUT2D eigenvalue weighted by Gasteiger charge is -2.11. The Morgan fingerprint density at radius 3 is 2.53 bits per heavy atom. The highest BCUT2D eigenvalue weighted by Gasteiger charge is 2.31. The largest absolute Gasteiger partial charge is 0.573 e. The third-order valence-corrected chi connectivity index (χ3v) is 2.22. The molecule has 0 aliphatic rings. The van der Waals surface area contributed by atoms with Crippen molar-refractivity contribution in [2.75, 3.05) is 0 Å². The molecule has 0 heterocycles. The predicted molar refractivity (Wildman–Crippen MR) is 59.7 cm³/mol. The monoisotopic (exact) mass is 243 g/mol. The van der Waals surface area contributed by atoms with Gasteiger partial charge in [0.15, 0.2) is 0 Å². The van der Waals surface area contributed by atoms with Gasteiger partial charge in [-0.05, 0) is 42.2 Å². The van der Waals surface area contributed by atoms with E-state index in [-0.39, 0.29) is 5.75 Å². The zero-order valence-corrected chi connectivity index (χ0v) is 9.60. The summed E-state index contributed by atoms with van der Waals surface area (Å²) in [4.78, 5) is 0. The van der Waals surface area contributed by atoms with E-state index in [1.54, 1.807) is 6.07 Å². The van der Waals surface area contributed by atoms with Gasteiger partial charge >= 0.3 is 6.36 Å². The van der Waals surface area contributed by atoms with Gasteiger partial charge in [0, 0.05) is 0 Å². The minimum atomic E-state index is -4.66. The zero-order chi connectivity index (χ0) is 12.9. The van der Waals surface area contributed by atoms with Crippen molar-refractivity contribution < 1.29 is 17.9 Å². The van der Waals surface area contributed by atoms with Crippen molar-refractivity contribution >= 4 is 0 Å². The average Bonchev–Trinajstić information content (AvgIpc) is 2.23. The van der Waals surface area contributed by atoms with Crippen LogP contribution in [0.1, 0.15) is 30.9 Å². The van der Waals surface area contributed by atoms with Crippen LogP contribution in [0.25, 0.3) is 0 Å². The molecule has 0 aromatic heterocycles. The Labute approximate surface area is 98.9 Å². The fraction of sp³-hybridized carbons (Fsp3) is 0.385. The minimum absolute atomic E-state index is 0.211. The molecular weight excluding hydrogens is 229 g/mol. The van der Waals surface area contributed by atoms with Crippen molar-refractivity contribution in [1.29, 1.82) is 0 Å². The molecule has 0 unspecified atom stereocenters. The highest BCUT2D eigenvalue weighted by atomic mass is 19.4. The van der Waals surface area contributed by atoms with Gasteiger partial charge in [-0.3, -0.25) is 0 Å². The van der Waals surface area contributed by atoms with Crippen molar-refractivity contribution in [2.24, 2.45) is 0 Å². The Balaban J connectivity index is 2.92. The van der Waals surface area contributed by atoms with Crippen LogP contribution >= 0.6 is 0 Å². The molecule has 1 rings (SSSR count). The fourth-order valence-corrected chi connectivity index (χ4v) is 1.48. The predicted octanol–water partition coefficient (Wildman–Crippen LogP) is 4.27. The summed E-state index contributed by atoms with van der Waals surface area (Å²) in [5.74, 6) is -0.211. The number of hydrogen-bond donors (Lipinski definition) is 0. The normalized spacial score (nSPS) is 11.3. The molecule has 1 nitrogen and oxygen atoms in total. The van der Waals surface area contributed by atoms with Crippen LogP contribution in [-0.4, -0.2) is 6.36 Å². The summed E-state index contributed by atoms with van der Waals surface area (Å²) in [5.41, 5.74) is 1.32. The van der Waals surface area contributed by atoms with Crippen molar-refractivity contribution in [3.8, 4) is 5.75 Å². The van der Waals surface area contributed by atoms with E-state index in [4.69, 9.17) is 0 Å². The number of alkyl halides is 3. The summed E-state index contributed by atoms with van der Waals surface area (Å²) < 4.78 is 40.2. The van der Waals surface area contributed by atoms with Crippen LogP contribution in [0, 0.1) is 6.08 Å². The van der Waals surface area contributed by atoms with Gasteiger partial charge in [-0.15, -0.1) is 13.2 Å². The van der Waals surface area contributed by atoms with Crippen LogP contribution in [0.3, 0.4) is 0 Å². The third-order valence-electron chi connectivity index (χ3n) is 2.22. The number of hydrogen-bond acceptors (Lipinski definition) is 1. The number of unbranched alkanes of at least 4 members (excludes halogenated alkanes) is 1. The van der Waals surface area contributed by atoms with Gasteiger partial charge in [0.2, 0.25) is 0 Å². The Kier molecular flexibility index (Phi) is 4.61. The van der Waals surface area contributed by atoms with Gasteiger partial charge in [-0.25, -0.2) is 0 Å². The Bertz CT molecular complexity index is 383. The first-order valence-corrected chi connectivity index (χ1v) is 5.37. The van der Waals surface area contributed by atoms with Gasteiger partial charge in [0.1, 0.15) is 5.75 Å². The lowest BCUT2D eigenvalue weighted by atomic mass is 10.0. The summed E-state index contributed by atoms with van der Waals surface area (Å²) in [7, 11) is 0. The SMILES string of the molecule is C=[C]c1cc(CCCC)cc(OC(F)(F)F)c1. The van der Waals surface area contributed by atoms with Gasteiger partial charge in [0.05, 0.1) is 0 Å². The molecule has 1 aromatic carbocycles. The van der Waals surface area contributed by atoms with E-state index in [9.17, 15) is 13.2 Å². The van der Waals surface area contributed by atoms with Gasteiger partial charge in [-0.2, -0.15) is 0 Å². The van der Waals surface area contributed by atoms with Crippen LogP contribution in [0.2, 0.25) is 0 Å². The molecule has 93 valence electrons. The number of benzene rings is 1. The highest BCUT2D eigenvalue weighted by molar-refractivity contribution is 5.37. The second-order valence-electron chi connectivity index (χ2n) is 3.69. The van der Waals surface area contributed by atoms with E-state index in [1.807, 2.05) is 6.92 Å². The van der Waals surface area contributed by atoms with Crippen molar-refractivity contribution in [1.82, 2.24) is 0 Å². The third kappa shape index (κ3) is 4.93. The average molecular weight is 243 g/mol. The van der Waals surface area contributed by atoms with Crippen LogP contribution in [0.5, 0.6) is 5.75 Å². The number of halogens is 3. The van der Waals surface area contributed by atoms with E-state index in [1.165, 1.54) is 12.1 Å². The summed E-state index contributed by atoms with van der Waals surface area (Å²) >= 11 is 0. The molecule has 0 bridgehead atoms. The summed E-state index contributed by atoms with van der Waals surface area (Å²) in [5, 5.41) is 0. The van der Waals surface area contributed by atoms with Crippen molar-refractivity contribution in [3.63, 3.8) is 0 Å². The lowest BCUT2D eigenvalue weighted by Crippen LogP contribution is -2.17. The molecule has 0 aliphatic heterocycles. The number of ether oxygens (including phenoxy) is 1. The summed E-state index contributed by atoms with van der Waals surface area (Å²) in [6, 6.07) is 4.45. The highest BCUT2D eigenvalue weighted by Crippen LogP contribution is 2.25. The standard InChI is InChI=1S/C13H14F3O/c1-3-5-6-11-7-10(4-2)8-12(9-11)17-13(14,15)16/h7-9H,2-3,5-6H2,1H3. The molecule has 1 radical (unpaired) electrons. The van der Waals surface area contributed by atoms with E-state index in [0.29, 0.717) is 5.56 Å². The van der Waals surface area contributed by atoms with E-state index >= 15 is 0 Å². The van der Waals surface area contributed by atoms with Crippen LogP contribution < -0.4 is 4.74 Å². The van der Waals surface area contributed by atoms with Crippen molar-refractivity contribution in [3.05, 3.63) is 42.0 Å². The molecule has 0 spiro atoms. The Hall–Kier alpha value is -1.45. The maximum absolute atomic E-state index is 12.1. The molecular formula is C13H14F3O. The van der Waals surface area contributed by atoms with Crippen LogP contribution in [-0.2, 0) is 6.42 Å². The summed E-state index contributed by atoms with van der Waals surface area (Å²) in [6.07, 6.45) is 0.536. The van der Waals surface area contributed by atoms with Gasteiger partial charge < -0.3 is 4.74 Å². The first kappa shape index (κ1) is 13.6. The molecule has 17 heavy (non-hydrogen) atoms. The first-order valence-electron chi connectivity index (χ1n) is 5.37. The van der Waals surface area contributed by atoms with Gasteiger partial charge in [-0.1, -0.05) is 26.0 Å². The van der Waals surface area contributed by atoms with Gasteiger partial charge in [0.25, 0.3) is 0 Å². The second kappa shape index (κ2) is 5.75. The first-order chi connectivity index (χ1) is 7.94. The molecule has 0 fully saturated rings. The smallest absolute Gasteiger partial charge is 0.406 e. The zero-order valence-electron chi connectivity index (χ0n) is 9.60. The quantitative estimate of drug-likeness (QED) is 0.750. The summed E-state index contributed by atoms with van der Waals surface area (Å²) in [6.45, 7) is 5.45. The van der Waals surface area contributed by atoms with E-state index < -0.39 is 6.36 Å². The topological polar surface area (TPSA) is 9.23 Å². The lowest BCUT2D eigenvalue weighted by molar-refractivity contribution is -0.274. The van der Waals surface area contributed by atoms with Crippen molar-refractivity contribution in [2.45, 2.75) is 32.5 Å². The second-order valence-corrected chi connectivity index (χ2v) is 3.69. The number of rotatable bonds is 5. The molecule has 0 saturated heterocycles. The molecule has 0 amide bonds. The number of aryl methyl sites for hydroxylation is 1. The molecule has 0 saturated carbocycles. The maximum atomic E-state index is 12.1. The van der Waals surface area contributed by atoms with Crippen LogP contribution in [0.4, 0.5) is 13.2 Å². The molecule has 0 N–H and O–H groups in total.